The van der Waals surface area contributed by atoms with E-state index in [0.29, 0.717) is 11.3 Å². The van der Waals surface area contributed by atoms with Crippen LogP contribution in [0.4, 0.5) is 0 Å². The summed E-state index contributed by atoms with van der Waals surface area (Å²) < 4.78 is 13.9. The second kappa shape index (κ2) is 7.64. The van der Waals surface area contributed by atoms with Crippen LogP contribution in [0.3, 0.4) is 0 Å². The summed E-state index contributed by atoms with van der Waals surface area (Å²) in [5, 5.41) is 0. The molecule has 0 aliphatic carbocycles. The lowest BCUT2D eigenvalue weighted by molar-refractivity contribution is -0.143. The fourth-order valence-corrected chi connectivity index (χ4v) is 1.38. The van der Waals surface area contributed by atoms with Crippen molar-refractivity contribution in [1.29, 1.82) is 0 Å². The number of ether oxygens (including phenoxy) is 3. The van der Waals surface area contributed by atoms with E-state index in [2.05, 4.69) is 16.1 Å². The molecule has 0 heterocycles. The first-order chi connectivity index (χ1) is 10.0. The summed E-state index contributed by atoms with van der Waals surface area (Å²) in [6.07, 6.45) is 2.36. The van der Waals surface area contributed by atoms with Crippen LogP contribution in [0.15, 0.2) is 42.5 Å². The predicted molar refractivity (Wildman–Crippen MR) is 74.3 cm³/mol. The molecule has 0 bridgehead atoms. The first kappa shape index (κ1) is 16.2. The van der Waals surface area contributed by atoms with Crippen molar-refractivity contribution in [2.75, 3.05) is 14.2 Å². The summed E-state index contributed by atoms with van der Waals surface area (Å²) in [5.41, 5.74) is 0.301. The topological polar surface area (TPSA) is 78.9 Å². The lowest BCUT2D eigenvalue weighted by Crippen LogP contribution is -2.15. The molecule has 0 N–H and O–H groups in total. The number of esters is 3. The highest BCUT2D eigenvalue weighted by atomic mass is 16.5. The number of benzene rings is 1. The van der Waals surface area contributed by atoms with Crippen LogP contribution in [0.5, 0.6) is 5.75 Å². The maximum absolute atomic E-state index is 11.5. The minimum atomic E-state index is -0.802. The Morgan fingerprint density at radius 1 is 1.00 bits per heavy atom. The van der Waals surface area contributed by atoms with Crippen molar-refractivity contribution in [3.05, 3.63) is 48.1 Å². The molecule has 0 spiro atoms. The van der Waals surface area contributed by atoms with Gasteiger partial charge in [0.15, 0.2) is 0 Å². The molecule has 0 saturated heterocycles. The van der Waals surface area contributed by atoms with Crippen LogP contribution in [0.25, 0.3) is 6.08 Å². The SMILES string of the molecule is C=CC(=O)Oc1ccc(C=C(C(=O)OC)C(=O)OC)cc1. The van der Waals surface area contributed by atoms with E-state index in [9.17, 15) is 14.4 Å². The lowest BCUT2D eigenvalue weighted by Gasteiger charge is -2.04. The zero-order valence-corrected chi connectivity index (χ0v) is 11.6. The number of hydrogen-bond donors (Lipinski definition) is 0. The quantitative estimate of drug-likeness (QED) is 0.269. The van der Waals surface area contributed by atoms with Crippen LogP contribution < -0.4 is 4.74 Å². The molecule has 0 aliphatic rings. The van der Waals surface area contributed by atoms with Crippen LogP contribution >= 0.6 is 0 Å². The first-order valence-corrected chi connectivity index (χ1v) is 5.84. The fraction of sp³-hybridized carbons (Fsp3) is 0.133. The summed E-state index contributed by atoms with van der Waals surface area (Å²) in [6.45, 7) is 3.28. The number of hydrogen-bond acceptors (Lipinski definition) is 6. The smallest absolute Gasteiger partial charge is 0.345 e. The van der Waals surface area contributed by atoms with E-state index >= 15 is 0 Å². The third-order valence-electron chi connectivity index (χ3n) is 2.39. The molecule has 0 atom stereocenters. The molecule has 0 aromatic heterocycles. The zero-order valence-electron chi connectivity index (χ0n) is 11.6. The van der Waals surface area contributed by atoms with Gasteiger partial charge in [0.25, 0.3) is 0 Å². The lowest BCUT2D eigenvalue weighted by atomic mass is 10.1. The van der Waals surface area contributed by atoms with Gasteiger partial charge in [-0.25, -0.2) is 14.4 Å². The number of carbonyl (C=O) groups is 3. The maximum atomic E-state index is 11.5. The van der Waals surface area contributed by atoms with Crippen LogP contribution in [-0.2, 0) is 23.9 Å². The highest BCUT2D eigenvalue weighted by Gasteiger charge is 2.19. The predicted octanol–water partition coefficient (Wildman–Crippen LogP) is 1.51. The van der Waals surface area contributed by atoms with Crippen molar-refractivity contribution < 1.29 is 28.6 Å². The van der Waals surface area contributed by atoms with Crippen molar-refractivity contribution in [1.82, 2.24) is 0 Å². The molecule has 0 unspecified atom stereocenters. The van der Waals surface area contributed by atoms with E-state index in [4.69, 9.17) is 4.74 Å². The minimum absolute atomic E-state index is 0.240. The second-order valence-electron chi connectivity index (χ2n) is 3.74. The van der Waals surface area contributed by atoms with E-state index in [-0.39, 0.29) is 5.57 Å². The average molecular weight is 290 g/mol. The van der Waals surface area contributed by atoms with E-state index in [0.717, 1.165) is 20.3 Å². The molecule has 0 radical (unpaired) electrons. The van der Waals surface area contributed by atoms with E-state index in [1.807, 2.05) is 0 Å². The second-order valence-corrected chi connectivity index (χ2v) is 3.74. The molecule has 1 rings (SSSR count). The largest absolute Gasteiger partial charge is 0.465 e. The molecule has 0 fully saturated rings. The number of rotatable bonds is 5. The van der Waals surface area contributed by atoms with Crippen LogP contribution in [0.2, 0.25) is 0 Å². The van der Waals surface area contributed by atoms with Crippen molar-refractivity contribution in [2.24, 2.45) is 0 Å². The number of carbonyl (C=O) groups excluding carboxylic acids is 3. The molecule has 6 heteroatoms. The van der Waals surface area contributed by atoms with Gasteiger partial charge in [-0.1, -0.05) is 18.7 Å². The normalized spacial score (nSPS) is 9.24. The molecule has 0 amide bonds. The molecule has 0 saturated carbocycles. The van der Waals surface area contributed by atoms with Gasteiger partial charge in [-0.15, -0.1) is 0 Å². The van der Waals surface area contributed by atoms with Crippen LogP contribution in [-0.4, -0.2) is 32.1 Å². The van der Waals surface area contributed by atoms with Crippen molar-refractivity contribution >= 4 is 24.0 Å². The van der Waals surface area contributed by atoms with Gasteiger partial charge in [-0.2, -0.15) is 0 Å². The zero-order chi connectivity index (χ0) is 15.8. The van der Waals surface area contributed by atoms with Crippen molar-refractivity contribution in [3.63, 3.8) is 0 Å². The summed E-state index contributed by atoms with van der Waals surface area (Å²) >= 11 is 0. The summed E-state index contributed by atoms with van der Waals surface area (Å²) in [5.74, 6) is -1.87. The van der Waals surface area contributed by atoms with Gasteiger partial charge in [-0.3, -0.25) is 0 Å². The van der Waals surface area contributed by atoms with Gasteiger partial charge < -0.3 is 14.2 Å². The molecule has 21 heavy (non-hydrogen) atoms. The Kier molecular flexibility index (Phi) is 5.88. The third-order valence-corrected chi connectivity index (χ3v) is 2.39. The van der Waals surface area contributed by atoms with E-state index < -0.39 is 17.9 Å². The van der Waals surface area contributed by atoms with Crippen molar-refractivity contribution in [2.45, 2.75) is 0 Å². The molecule has 110 valence electrons. The Balaban J connectivity index is 3.00. The average Bonchev–Trinajstić information content (AvgIpc) is 2.52. The van der Waals surface area contributed by atoms with Gasteiger partial charge in [0.05, 0.1) is 14.2 Å². The summed E-state index contributed by atoms with van der Waals surface area (Å²) in [4.78, 5) is 34.0. The number of methoxy groups -OCH3 is 2. The molecule has 0 aliphatic heterocycles. The molecular weight excluding hydrogens is 276 g/mol. The first-order valence-electron chi connectivity index (χ1n) is 5.84. The van der Waals surface area contributed by atoms with Gasteiger partial charge in [-0.05, 0) is 23.8 Å². The molecular formula is C15H14O6. The van der Waals surface area contributed by atoms with Crippen molar-refractivity contribution in [3.8, 4) is 5.75 Å². The van der Waals surface area contributed by atoms with Gasteiger partial charge in [0.2, 0.25) is 0 Å². The maximum Gasteiger partial charge on any atom is 0.345 e. The van der Waals surface area contributed by atoms with Crippen LogP contribution in [0, 0.1) is 0 Å². The summed E-state index contributed by atoms with van der Waals surface area (Å²) in [7, 11) is 2.33. The van der Waals surface area contributed by atoms with Gasteiger partial charge >= 0.3 is 17.9 Å². The van der Waals surface area contributed by atoms with Crippen LogP contribution in [0.1, 0.15) is 5.56 Å². The fourth-order valence-electron chi connectivity index (χ4n) is 1.38. The van der Waals surface area contributed by atoms with Gasteiger partial charge in [0, 0.05) is 6.08 Å². The Hall–Kier alpha value is -2.89. The summed E-state index contributed by atoms with van der Waals surface area (Å²) in [6, 6.07) is 6.16. The molecule has 1 aromatic rings. The Morgan fingerprint density at radius 2 is 1.52 bits per heavy atom. The molecule has 1 aromatic carbocycles. The Morgan fingerprint density at radius 3 is 1.95 bits per heavy atom. The highest BCUT2D eigenvalue weighted by molar-refractivity contribution is 6.17. The monoisotopic (exact) mass is 290 g/mol. The van der Waals surface area contributed by atoms with E-state index in [1.165, 1.54) is 18.2 Å². The Labute approximate surface area is 121 Å². The Bertz CT molecular complexity index is 565. The van der Waals surface area contributed by atoms with E-state index in [1.54, 1.807) is 12.1 Å². The standard InChI is InChI=1S/C15H14O6/c1-4-13(16)21-11-7-5-10(6-8-11)9-12(14(17)19-2)15(18)20-3/h4-9H,1H2,2-3H3. The van der Waals surface area contributed by atoms with Gasteiger partial charge in [0.1, 0.15) is 11.3 Å². The minimum Gasteiger partial charge on any atom is -0.465 e. The third kappa shape index (κ3) is 4.61. The highest BCUT2D eigenvalue weighted by Crippen LogP contribution is 2.16. The molecule has 6 nitrogen and oxygen atoms in total.